The number of rotatable bonds is 31. The van der Waals surface area contributed by atoms with Gasteiger partial charge in [-0.15, -0.1) is 0 Å². The van der Waals surface area contributed by atoms with E-state index in [2.05, 4.69) is 19.1 Å². The molecule has 0 aliphatic heterocycles. The summed E-state index contributed by atoms with van der Waals surface area (Å²) < 4.78 is 67.7. The van der Waals surface area contributed by atoms with Gasteiger partial charge in [0.1, 0.15) is 12.4 Å². The van der Waals surface area contributed by atoms with E-state index in [9.17, 15) is 8.42 Å². The molecule has 0 aliphatic rings. The Balaban J connectivity index is 1.26. The molecule has 0 aromatic heterocycles. The van der Waals surface area contributed by atoms with Gasteiger partial charge < -0.3 is 33.2 Å². The predicted molar refractivity (Wildman–Crippen MR) is 178 cm³/mol. The van der Waals surface area contributed by atoms with Crippen molar-refractivity contribution < 1.29 is 45.8 Å². The molecule has 2 aromatic carbocycles. The number of hydrogen-bond donors (Lipinski definition) is 0. The first-order valence-corrected chi connectivity index (χ1v) is 18.1. The van der Waals surface area contributed by atoms with Gasteiger partial charge in [0, 0.05) is 0 Å². The second-order valence-corrected chi connectivity index (χ2v) is 12.4. The minimum atomic E-state index is -3.77. The van der Waals surface area contributed by atoms with E-state index < -0.39 is 10.1 Å². The van der Waals surface area contributed by atoms with Crippen LogP contribution in [0, 0.1) is 6.92 Å². The van der Waals surface area contributed by atoms with E-state index in [-0.39, 0.29) is 18.1 Å². The molecule has 0 amide bonds. The van der Waals surface area contributed by atoms with E-state index in [0.29, 0.717) is 79.3 Å². The van der Waals surface area contributed by atoms with E-state index >= 15 is 0 Å². The zero-order valence-corrected chi connectivity index (χ0v) is 28.8. The standard InChI is InChI=1S/C35H56O10S/c1-3-4-5-6-7-8-9-33-12-14-34(15-13-33)44-30-28-42-26-24-40-22-20-38-18-19-39-21-23-41-25-27-43-29-31-45-46(36,37)35-16-10-32(2)11-17-35/h10-17H,3-9,18-31H2,1-2H3. The first-order chi connectivity index (χ1) is 22.5. The Morgan fingerprint density at radius 1 is 0.500 bits per heavy atom. The highest BCUT2D eigenvalue weighted by molar-refractivity contribution is 7.86. The van der Waals surface area contributed by atoms with Gasteiger partial charge in [-0.25, -0.2) is 0 Å². The minimum absolute atomic E-state index is 0.0527. The smallest absolute Gasteiger partial charge is 0.297 e. The molecule has 46 heavy (non-hydrogen) atoms. The highest BCUT2D eigenvalue weighted by atomic mass is 32.2. The Morgan fingerprint density at radius 2 is 0.935 bits per heavy atom. The molecule has 11 heteroatoms. The molecule has 0 bridgehead atoms. The molecular weight excluding hydrogens is 612 g/mol. The van der Waals surface area contributed by atoms with Gasteiger partial charge in [-0.1, -0.05) is 68.9 Å². The Hall–Kier alpha value is -2.09. The fraction of sp³-hybridized carbons (Fsp3) is 0.657. The zero-order chi connectivity index (χ0) is 33.0. The lowest BCUT2D eigenvalue weighted by molar-refractivity contribution is -0.0186. The number of ether oxygens (including phenoxy) is 7. The van der Waals surface area contributed by atoms with Gasteiger partial charge in [-0.05, 0) is 49.6 Å². The van der Waals surface area contributed by atoms with Gasteiger partial charge in [0.15, 0.2) is 0 Å². The molecule has 0 saturated heterocycles. The summed E-state index contributed by atoms with van der Waals surface area (Å²) in [5.74, 6) is 0.875. The molecule has 0 heterocycles. The average molecular weight is 669 g/mol. The van der Waals surface area contributed by atoms with Crippen molar-refractivity contribution in [3.8, 4) is 5.75 Å². The van der Waals surface area contributed by atoms with Gasteiger partial charge in [0.25, 0.3) is 10.1 Å². The molecule has 0 radical (unpaired) electrons. The fourth-order valence-electron chi connectivity index (χ4n) is 4.26. The monoisotopic (exact) mass is 668 g/mol. The first-order valence-electron chi connectivity index (χ1n) is 16.7. The topological polar surface area (TPSA) is 108 Å². The number of benzene rings is 2. The third kappa shape index (κ3) is 20.9. The van der Waals surface area contributed by atoms with E-state index in [4.69, 9.17) is 37.3 Å². The predicted octanol–water partition coefficient (Wildman–Crippen LogP) is 5.78. The molecule has 0 N–H and O–H groups in total. The zero-order valence-electron chi connectivity index (χ0n) is 28.0. The van der Waals surface area contributed by atoms with Crippen LogP contribution in [0.25, 0.3) is 0 Å². The number of hydrogen-bond acceptors (Lipinski definition) is 10. The quantitative estimate of drug-likeness (QED) is 0.0725. The van der Waals surface area contributed by atoms with Crippen LogP contribution < -0.4 is 4.74 Å². The van der Waals surface area contributed by atoms with Gasteiger partial charge >= 0.3 is 0 Å². The molecule has 0 atom stereocenters. The van der Waals surface area contributed by atoms with Crippen molar-refractivity contribution in [1.82, 2.24) is 0 Å². The second-order valence-electron chi connectivity index (χ2n) is 10.8. The van der Waals surface area contributed by atoms with Crippen LogP contribution in [0.1, 0.15) is 56.6 Å². The Labute approximate surface area is 277 Å². The molecule has 0 unspecified atom stereocenters. The molecule has 2 aromatic rings. The summed E-state index contributed by atoms with van der Waals surface area (Å²) in [7, 11) is -3.77. The Kier molecular flexibility index (Phi) is 23.5. The van der Waals surface area contributed by atoms with Gasteiger partial charge in [0.05, 0.1) is 90.8 Å². The van der Waals surface area contributed by atoms with Crippen molar-refractivity contribution in [1.29, 1.82) is 0 Å². The summed E-state index contributed by atoms with van der Waals surface area (Å²) in [5, 5.41) is 0. The third-order valence-corrected chi connectivity index (χ3v) is 8.20. The maximum Gasteiger partial charge on any atom is 0.297 e. The molecule has 2 rings (SSSR count). The Bertz CT molecular complexity index is 1080. The fourth-order valence-corrected chi connectivity index (χ4v) is 5.15. The van der Waals surface area contributed by atoms with Gasteiger partial charge in [-0.2, -0.15) is 8.42 Å². The van der Waals surface area contributed by atoms with Crippen LogP contribution in [-0.2, 0) is 49.1 Å². The molecule has 262 valence electrons. The highest BCUT2D eigenvalue weighted by Crippen LogP contribution is 2.15. The maximum absolute atomic E-state index is 12.1. The molecule has 10 nitrogen and oxygen atoms in total. The lowest BCUT2D eigenvalue weighted by Gasteiger charge is -2.09. The summed E-state index contributed by atoms with van der Waals surface area (Å²) in [6, 6.07) is 14.9. The van der Waals surface area contributed by atoms with E-state index in [1.165, 1.54) is 56.2 Å². The maximum atomic E-state index is 12.1. The normalized spacial score (nSPS) is 11.7. The number of aryl methyl sites for hydroxylation is 2. The van der Waals surface area contributed by atoms with E-state index in [1.54, 1.807) is 12.1 Å². The van der Waals surface area contributed by atoms with Crippen LogP contribution in [0.15, 0.2) is 53.4 Å². The van der Waals surface area contributed by atoms with Crippen molar-refractivity contribution in [2.45, 2.75) is 63.7 Å². The van der Waals surface area contributed by atoms with Crippen molar-refractivity contribution in [3.63, 3.8) is 0 Å². The molecular formula is C35H56O10S. The summed E-state index contributed by atoms with van der Waals surface area (Å²) >= 11 is 0. The van der Waals surface area contributed by atoms with Gasteiger partial charge in [0.2, 0.25) is 0 Å². The van der Waals surface area contributed by atoms with Crippen molar-refractivity contribution >= 4 is 10.1 Å². The highest BCUT2D eigenvalue weighted by Gasteiger charge is 2.14. The molecule has 0 aliphatic carbocycles. The average Bonchev–Trinajstić information content (AvgIpc) is 3.06. The summed E-state index contributed by atoms with van der Waals surface area (Å²) in [6.45, 7) is 9.83. The van der Waals surface area contributed by atoms with Crippen molar-refractivity contribution in [3.05, 3.63) is 59.7 Å². The Morgan fingerprint density at radius 3 is 1.43 bits per heavy atom. The SMILES string of the molecule is CCCCCCCCc1ccc(OCCOCCOCCOCCOCCOCCOCCOS(=O)(=O)c2ccc(C)cc2)cc1. The summed E-state index contributed by atoms with van der Waals surface area (Å²) in [6.07, 6.45) is 9.05. The van der Waals surface area contributed by atoms with E-state index in [1.807, 2.05) is 19.1 Å². The molecule has 0 fully saturated rings. The second kappa shape index (κ2) is 26.9. The molecule has 0 spiro atoms. The van der Waals surface area contributed by atoms with Crippen LogP contribution in [-0.4, -0.2) is 101 Å². The lowest BCUT2D eigenvalue weighted by atomic mass is 10.0. The summed E-state index contributed by atoms with van der Waals surface area (Å²) in [4.78, 5) is 0.133. The van der Waals surface area contributed by atoms with Crippen LogP contribution in [0.4, 0.5) is 0 Å². The van der Waals surface area contributed by atoms with Crippen LogP contribution >= 0.6 is 0 Å². The van der Waals surface area contributed by atoms with Crippen LogP contribution in [0.3, 0.4) is 0 Å². The van der Waals surface area contributed by atoms with Crippen molar-refractivity contribution in [2.75, 3.05) is 92.5 Å². The van der Waals surface area contributed by atoms with E-state index in [0.717, 1.165) is 17.7 Å². The first kappa shape index (κ1) is 40.1. The van der Waals surface area contributed by atoms with Crippen molar-refractivity contribution in [2.24, 2.45) is 0 Å². The van der Waals surface area contributed by atoms with Gasteiger partial charge in [-0.3, -0.25) is 4.18 Å². The molecule has 0 saturated carbocycles. The lowest BCUT2D eigenvalue weighted by Crippen LogP contribution is -2.15. The number of unbranched alkanes of at least 4 members (excludes halogenated alkanes) is 5. The minimum Gasteiger partial charge on any atom is -0.491 e. The summed E-state index contributed by atoms with van der Waals surface area (Å²) in [5.41, 5.74) is 2.35. The van der Waals surface area contributed by atoms with Crippen LogP contribution in [0.5, 0.6) is 5.75 Å². The largest absolute Gasteiger partial charge is 0.491 e. The van der Waals surface area contributed by atoms with Crippen LogP contribution in [0.2, 0.25) is 0 Å². The third-order valence-electron chi connectivity index (χ3n) is 6.87.